The summed E-state index contributed by atoms with van der Waals surface area (Å²) in [4.78, 5) is 12.8. The molecular formula is C52H102O9. The van der Waals surface area contributed by atoms with E-state index in [4.69, 9.17) is 18.9 Å². The third-order valence-corrected chi connectivity index (χ3v) is 12.8. The lowest BCUT2D eigenvalue weighted by Crippen LogP contribution is -2.59. The third kappa shape index (κ3) is 35.2. The number of aliphatic hydroxyl groups excluding tert-OH is 4. The minimum Gasteiger partial charge on any atom is -0.457 e. The maximum Gasteiger partial charge on any atom is 0.306 e. The molecule has 0 saturated carbocycles. The van der Waals surface area contributed by atoms with Crippen molar-refractivity contribution in [3.63, 3.8) is 0 Å². The van der Waals surface area contributed by atoms with Gasteiger partial charge >= 0.3 is 5.97 Å². The highest BCUT2D eigenvalue weighted by Crippen LogP contribution is 2.23. The van der Waals surface area contributed by atoms with Crippen LogP contribution in [0.3, 0.4) is 0 Å². The number of carbonyl (C=O) groups is 1. The summed E-state index contributed by atoms with van der Waals surface area (Å²) in [6.07, 6.45) is 42.9. The van der Waals surface area contributed by atoms with Gasteiger partial charge in [-0.1, -0.05) is 245 Å². The van der Waals surface area contributed by atoms with Gasteiger partial charge in [-0.2, -0.15) is 0 Å². The van der Waals surface area contributed by atoms with Gasteiger partial charge in [-0.15, -0.1) is 0 Å². The van der Waals surface area contributed by atoms with Gasteiger partial charge in [0.15, 0.2) is 6.29 Å². The normalized spacial score (nSPS) is 19.7. The lowest BCUT2D eigenvalue weighted by molar-refractivity contribution is -0.305. The van der Waals surface area contributed by atoms with Crippen LogP contribution in [0.1, 0.15) is 264 Å². The van der Waals surface area contributed by atoms with E-state index in [9.17, 15) is 25.2 Å². The second-order valence-electron chi connectivity index (χ2n) is 18.7. The third-order valence-electron chi connectivity index (χ3n) is 12.8. The number of ether oxygens (including phenoxy) is 4. The van der Waals surface area contributed by atoms with Gasteiger partial charge in [0.1, 0.15) is 30.5 Å². The van der Waals surface area contributed by atoms with E-state index in [1.54, 1.807) is 0 Å². The van der Waals surface area contributed by atoms with Crippen molar-refractivity contribution in [2.75, 3.05) is 26.4 Å². The van der Waals surface area contributed by atoms with E-state index in [-0.39, 0.29) is 19.2 Å². The summed E-state index contributed by atoms with van der Waals surface area (Å²) in [7, 11) is 0. The number of carbonyl (C=O) groups excluding carboxylic acids is 1. The number of rotatable bonds is 47. The molecule has 0 amide bonds. The Morgan fingerprint density at radius 3 is 1.16 bits per heavy atom. The Morgan fingerprint density at radius 1 is 0.459 bits per heavy atom. The first kappa shape index (κ1) is 58.2. The monoisotopic (exact) mass is 871 g/mol. The van der Waals surface area contributed by atoms with Crippen LogP contribution in [0.2, 0.25) is 0 Å². The van der Waals surface area contributed by atoms with Crippen molar-refractivity contribution in [1.29, 1.82) is 0 Å². The Bertz CT molecular complexity index is 904. The summed E-state index contributed by atoms with van der Waals surface area (Å²) < 4.78 is 22.9. The van der Waals surface area contributed by atoms with Gasteiger partial charge in [0, 0.05) is 13.0 Å². The smallest absolute Gasteiger partial charge is 0.306 e. The topological polar surface area (TPSA) is 135 Å². The Balaban J connectivity index is 2.11. The molecule has 0 aromatic rings. The van der Waals surface area contributed by atoms with E-state index in [0.717, 1.165) is 32.1 Å². The first-order valence-corrected chi connectivity index (χ1v) is 26.6. The maximum atomic E-state index is 12.8. The Hall–Kier alpha value is -0.810. The average Bonchev–Trinajstić information content (AvgIpc) is 3.26. The standard InChI is InChI=1S/C52H102O9/c1-3-5-7-9-11-13-15-17-18-19-20-21-22-23-24-25-26-27-28-30-32-34-36-38-40-42-58-44-46(45-59-52-51(57)50(56)49(55)47(43-53)61-52)60-48(54)41-39-37-35-33-31-29-16-14-12-10-8-6-4-2/h46-47,49-53,55-57H,3-45H2,1-2H3. The van der Waals surface area contributed by atoms with Crippen LogP contribution in [0.4, 0.5) is 0 Å². The minimum absolute atomic E-state index is 0.105. The maximum absolute atomic E-state index is 12.8. The highest BCUT2D eigenvalue weighted by Gasteiger charge is 2.44. The lowest BCUT2D eigenvalue weighted by Gasteiger charge is -2.39. The van der Waals surface area contributed by atoms with Crippen LogP contribution in [-0.4, -0.2) is 89.6 Å². The van der Waals surface area contributed by atoms with Gasteiger partial charge in [-0.05, 0) is 12.8 Å². The summed E-state index contributed by atoms with van der Waals surface area (Å²) in [5.74, 6) is -0.306. The second kappa shape index (κ2) is 44.4. The van der Waals surface area contributed by atoms with Crippen molar-refractivity contribution in [2.45, 2.75) is 301 Å². The van der Waals surface area contributed by atoms with Crippen molar-refractivity contribution in [1.82, 2.24) is 0 Å². The van der Waals surface area contributed by atoms with Crippen LogP contribution in [0.15, 0.2) is 0 Å². The molecule has 0 radical (unpaired) electrons. The minimum atomic E-state index is -1.53. The van der Waals surface area contributed by atoms with Gasteiger partial charge in [0.2, 0.25) is 0 Å². The van der Waals surface area contributed by atoms with Gasteiger partial charge in [-0.25, -0.2) is 0 Å². The highest BCUT2D eigenvalue weighted by molar-refractivity contribution is 5.69. The molecule has 1 fully saturated rings. The Kier molecular flexibility index (Phi) is 42.4. The van der Waals surface area contributed by atoms with E-state index in [2.05, 4.69) is 13.8 Å². The Morgan fingerprint density at radius 2 is 0.803 bits per heavy atom. The molecule has 1 rings (SSSR count). The van der Waals surface area contributed by atoms with Gasteiger partial charge in [-0.3, -0.25) is 4.79 Å². The number of aliphatic hydroxyl groups is 4. The number of unbranched alkanes of at least 4 members (excludes halogenated alkanes) is 36. The molecule has 9 heteroatoms. The molecule has 1 aliphatic heterocycles. The van der Waals surface area contributed by atoms with Gasteiger partial charge in [0.05, 0.1) is 19.8 Å². The van der Waals surface area contributed by atoms with Crippen LogP contribution in [0.5, 0.6) is 0 Å². The number of hydrogen-bond donors (Lipinski definition) is 4. The molecule has 61 heavy (non-hydrogen) atoms. The molecular weight excluding hydrogens is 769 g/mol. The molecule has 0 bridgehead atoms. The van der Waals surface area contributed by atoms with Crippen LogP contribution < -0.4 is 0 Å². The van der Waals surface area contributed by atoms with Crippen molar-refractivity contribution in [3.8, 4) is 0 Å². The second-order valence-corrected chi connectivity index (χ2v) is 18.7. The summed E-state index contributed by atoms with van der Waals surface area (Å²) >= 11 is 0. The average molecular weight is 871 g/mol. The predicted octanol–water partition coefficient (Wildman–Crippen LogP) is 13.0. The summed E-state index contributed by atoms with van der Waals surface area (Å²) in [5.41, 5.74) is 0. The van der Waals surface area contributed by atoms with E-state index in [1.165, 1.54) is 212 Å². The quantitative estimate of drug-likeness (QED) is 0.0348. The SMILES string of the molecule is CCCCCCCCCCCCCCCCCCCCCCCCCCCOCC(COC1OC(CO)C(O)C(O)C1O)OC(=O)CCCCCCCCCCCCCCC. The Labute approximate surface area is 376 Å². The molecule has 1 aliphatic rings. The highest BCUT2D eigenvalue weighted by atomic mass is 16.7. The van der Waals surface area contributed by atoms with Crippen molar-refractivity contribution >= 4 is 5.97 Å². The van der Waals surface area contributed by atoms with Crippen molar-refractivity contribution in [3.05, 3.63) is 0 Å². The van der Waals surface area contributed by atoms with E-state index in [0.29, 0.717) is 13.0 Å². The zero-order chi connectivity index (χ0) is 44.3. The molecule has 4 N–H and O–H groups in total. The number of esters is 1. The molecule has 0 aliphatic carbocycles. The first-order valence-electron chi connectivity index (χ1n) is 26.6. The zero-order valence-corrected chi connectivity index (χ0v) is 40.2. The molecule has 6 atom stereocenters. The fourth-order valence-electron chi connectivity index (χ4n) is 8.61. The molecule has 364 valence electrons. The van der Waals surface area contributed by atoms with E-state index in [1.807, 2.05) is 0 Å². The van der Waals surface area contributed by atoms with Crippen molar-refractivity contribution < 1.29 is 44.2 Å². The first-order chi connectivity index (χ1) is 29.9. The lowest BCUT2D eigenvalue weighted by atomic mass is 9.99. The van der Waals surface area contributed by atoms with E-state index >= 15 is 0 Å². The van der Waals surface area contributed by atoms with E-state index < -0.39 is 43.4 Å². The fourth-order valence-corrected chi connectivity index (χ4v) is 8.61. The largest absolute Gasteiger partial charge is 0.457 e. The van der Waals surface area contributed by atoms with Crippen LogP contribution >= 0.6 is 0 Å². The van der Waals surface area contributed by atoms with Gasteiger partial charge < -0.3 is 39.4 Å². The van der Waals surface area contributed by atoms with Crippen molar-refractivity contribution in [2.24, 2.45) is 0 Å². The summed E-state index contributed by atoms with van der Waals surface area (Å²) in [6.45, 7) is 4.62. The molecule has 0 aromatic carbocycles. The molecule has 9 nitrogen and oxygen atoms in total. The predicted molar refractivity (Wildman–Crippen MR) is 252 cm³/mol. The molecule has 0 aromatic heterocycles. The van der Waals surface area contributed by atoms with Crippen LogP contribution in [-0.2, 0) is 23.7 Å². The molecule has 1 saturated heterocycles. The fraction of sp³-hybridized carbons (Fsp3) is 0.981. The summed E-state index contributed by atoms with van der Waals surface area (Å²) in [5, 5.41) is 40.2. The van der Waals surface area contributed by atoms with Crippen LogP contribution in [0, 0.1) is 0 Å². The van der Waals surface area contributed by atoms with Crippen LogP contribution in [0.25, 0.3) is 0 Å². The number of hydrogen-bond acceptors (Lipinski definition) is 9. The zero-order valence-electron chi connectivity index (χ0n) is 40.2. The molecule has 6 unspecified atom stereocenters. The van der Waals surface area contributed by atoms with Gasteiger partial charge in [0.25, 0.3) is 0 Å². The summed E-state index contributed by atoms with van der Waals surface area (Å²) in [6, 6.07) is 0. The molecule has 0 spiro atoms. The molecule has 1 heterocycles.